The third-order valence-electron chi connectivity index (χ3n) is 6.05. The molecular formula is C25H34N2O3. The highest BCUT2D eigenvalue weighted by atomic mass is 16.5. The molecule has 2 unspecified atom stereocenters. The van der Waals surface area contributed by atoms with E-state index in [1.165, 1.54) is 5.56 Å². The molecule has 1 N–H and O–H groups in total. The average Bonchev–Trinajstić information content (AvgIpc) is 2.77. The van der Waals surface area contributed by atoms with Gasteiger partial charge in [0, 0.05) is 37.0 Å². The highest BCUT2D eigenvalue weighted by Gasteiger charge is 2.23. The number of ether oxygens (including phenoxy) is 1. The van der Waals surface area contributed by atoms with Gasteiger partial charge in [-0.05, 0) is 68.0 Å². The Morgan fingerprint density at radius 2 is 1.87 bits per heavy atom. The minimum atomic E-state index is -0.229. The number of hydrogen-bond acceptors (Lipinski definition) is 4. The molecule has 0 spiro atoms. The lowest BCUT2D eigenvalue weighted by atomic mass is 9.94. The van der Waals surface area contributed by atoms with Crippen LogP contribution in [0, 0.1) is 0 Å². The molecule has 1 heterocycles. The van der Waals surface area contributed by atoms with E-state index >= 15 is 0 Å². The van der Waals surface area contributed by atoms with Crippen LogP contribution in [-0.4, -0.2) is 46.7 Å². The molecule has 0 radical (unpaired) electrons. The van der Waals surface area contributed by atoms with E-state index in [0.717, 1.165) is 62.8 Å². The smallest absolute Gasteiger partial charge is 0.253 e. The van der Waals surface area contributed by atoms with Crippen molar-refractivity contribution in [2.45, 2.75) is 70.4 Å². The fourth-order valence-corrected chi connectivity index (χ4v) is 3.97. The SMILES string of the molecule is CCc1ccc(CCOc2ccc(C(=O)N(C)C3CCCCC(O)CC3)cc2)nc1. The highest BCUT2D eigenvalue weighted by molar-refractivity contribution is 5.94. The predicted molar refractivity (Wildman–Crippen MR) is 119 cm³/mol. The maximum Gasteiger partial charge on any atom is 0.253 e. The van der Waals surface area contributed by atoms with Gasteiger partial charge in [0.15, 0.2) is 0 Å². The summed E-state index contributed by atoms with van der Waals surface area (Å²) in [6, 6.07) is 11.7. The van der Waals surface area contributed by atoms with Gasteiger partial charge in [-0.25, -0.2) is 0 Å². The van der Waals surface area contributed by atoms with Crippen molar-refractivity contribution >= 4 is 5.91 Å². The van der Waals surface area contributed by atoms with Crippen molar-refractivity contribution in [1.82, 2.24) is 9.88 Å². The molecule has 0 bridgehead atoms. The average molecular weight is 411 g/mol. The molecule has 162 valence electrons. The number of carbonyl (C=O) groups is 1. The summed E-state index contributed by atoms with van der Waals surface area (Å²) in [5, 5.41) is 9.95. The van der Waals surface area contributed by atoms with E-state index in [1.54, 1.807) is 0 Å². The lowest BCUT2D eigenvalue weighted by Gasteiger charge is -2.31. The Morgan fingerprint density at radius 1 is 1.10 bits per heavy atom. The standard InChI is InChI=1S/C25H34N2O3/c1-3-19-8-11-21(26-18-19)16-17-30-24-14-9-20(10-15-24)25(29)27(2)22-6-4-5-7-23(28)13-12-22/h8-11,14-15,18,22-23,28H,3-7,12-13,16-17H2,1-2H3. The summed E-state index contributed by atoms with van der Waals surface area (Å²) in [4.78, 5) is 19.2. The number of nitrogens with zero attached hydrogens (tertiary/aromatic N) is 2. The first-order valence-electron chi connectivity index (χ1n) is 11.2. The Balaban J connectivity index is 1.50. The molecule has 1 fully saturated rings. The quantitative estimate of drug-likeness (QED) is 0.734. The van der Waals surface area contributed by atoms with Crippen molar-refractivity contribution in [3.8, 4) is 5.75 Å². The lowest BCUT2D eigenvalue weighted by molar-refractivity contribution is 0.0659. The third-order valence-corrected chi connectivity index (χ3v) is 6.05. The number of aliphatic hydroxyl groups is 1. The van der Waals surface area contributed by atoms with Crippen LogP contribution in [0.25, 0.3) is 0 Å². The van der Waals surface area contributed by atoms with Gasteiger partial charge in [0.05, 0.1) is 12.7 Å². The van der Waals surface area contributed by atoms with Gasteiger partial charge in [-0.15, -0.1) is 0 Å². The lowest BCUT2D eigenvalue weighted by Crippen LogP contribution is -2.38. The summed E-state index contributed by atoms with van der Waals surface area (Å²) in [5.74, 6) is 0.787. The summed E-state index contributed by atoms with van der Waals surface area (Å²) < 4.78 is 5.83. The minimum absolute atomic E-state index is 0.0295. The first-order chi connectivity index (χ1) is 14.6. The number of benzene rings is 1. The van der Waals surface area contributed by atoms with Crippen LogP contribution >= 0.6 is 0 Å². The molecule has 5 nitrogen and oxygen atoms in total. The van der Waals surface area contributed by atoms with Gasteiger partial charge < -0.3 is 14.7 Å². The first-order valence-corrected chi connectivity index (χ1v) is 11.2. The number of aryl methyl sites for hydroxylation is 1. The molecule has 2 aromatic rings. The second-order valence-corrected chi connectivity index (χ2v) is 8.22. The van der Waals surface area contributed by atoms with Crippen LogP contribution < -0.4 is 4.74 Å². The van der Waals surface area contributed by atoms with Crippen molar-refractivity contribution in [2.24, 2.45) is 0 Å². The molecule has 0 saturated heterocycles. The molecule has 1 amide bonds. The summed E-state index contributed by atoms with van der Waals surface area (Å²) in [5.41, 5.74) is 2.93. The number of rotatable bonds is 7. The Bertz CT molecular complexity index is 789. The Labute approximate surface area is 180 Å². The van der Waals surface area contributed by atoms with Gasteiger partial charge >= 0.3 is 0 Å². The van der Waals surface area contributed by atoms with Crippen LogP contribution in [0.5, 0.6) is 5.75 Å². The second kappa shape index (κ2) is 11.1. The van der Waals surface area contributed by atoms with Gasteiger partial charge in [0.2, 0.25) is 0 Å². The van der Waals surface area contributed by atoms with Crippen LogP contribution in [0.1, 0.15) is 67.1 Å². The summed E-state index contributed by atoms with van der Waals surface area (Å²) >= 11 is 0. The number of pyridine rings is 1. The van der Waals surface area contributed by atoms with Crippen LogP contribution in [0.15, 0.2) is 42.6 Å². The zero-order valence-corrected chi connectivity index (χ0v) is 18.2. The molecule has 2 atom stereocenters. The van der Waals surface area contributed by atoms with Crippen LogP contribution in [0.3, 0.4) is 0 Å². The largest absolute Gasteiger partial charge is 0.493 e. The first kappa shape index (κ1) is 22.3. The maximum absolute atomic E-state index is 12.9. The molecule has 1 aliphatic carbocycles. The van der Waals surface area contributed by atoms with Crippen LogP contribution in [0.2, 0.25) is 0 Å². The summed E-state index contributed by atoms with van der Waals surface area (Å²) in [7, 11) is 1.88. The van der Waals surface area contributed by atoms with Crippen molar-refractivity contribution in [2.75, 3.05) is 13.7 Å². The highest BCUT2D eigenvalue weighted by Crippen LogP contribution is 2.23. The van der Waals surface area contributed by atoms with E-state index in [2.05, 4.69) is 18.0 Å². The van der Waals surface area contributed by atoms with Crippen LogP contribution in [-0.2, 0) is 12.8 Å². The second-order valence-electron chi connectivity index (χ2n) is 8.22. The Kier molecular flexibility index (Phi) is 8.26. The number of hydrogen-bond donors (Lipinski definition) is 1. The van der Waals surface area contributed by atoms with Crippen molar-refractivity contribution in [3.05, 3.63) is 59.4 Å². The molecule has 1 aliphatic rings. The fourth-order valence-electron chi connectivity index (χ4n) is 3.97. The monoisotopic (exact) mass is 410 g/mol. The minimum Gasteiger partial charge on any atom is -0.493 e. The number of aromatic nitrogens is 1. The van der Waals surface area contributed by atoms with Crippen LogP contribution in [0.4, 0.5) is 0 Å². The van der Waals surface area contributed by atoms with E-state index in [-0.39, 0.29) is 18.1 Å². The maximum atomic E-state index is 12.9. The van der Waals surface area contributed by atoms with E-state index in [4.69, 9.17) is 4.74 Å². The van der Waals surface area contributed by atoms with E-state index in [9.17, 15) is 9.90 Å². The fraction of sp³-hybridized carbons (Fsp3) is 0.520. The zero-order chi connectivity index (χ0) is 21.3. The molecule has 1 aromatic carbocycles. The van der Waals surface area contributed by atoms with Crippen molar-refractivity contribution in [3.63, 3.8) is 0 Å². The Hall–Kier alpha value is -2.40. The van der Waals surface area contributed by atoms with Gasteiger partial charge in [0.1, 0.15) is 5.75 Å². The molecule has 1 aromatic heterocycles. The molecule has 3 rings (SSSR count). The van der Waals surface area contributed by atoms with Gasteiger partial charge in [-0.2, -0.15) is 0 Å². The van der Waals surface area contributed by atoms with Gasteiger partial charge in [0.25, 0.3) is 5.91 Å². The molecular weight excluding hydrogens is 376 g/mol. The van der Waals surface area contributed by atoms with E-state index in [0.29, 0.717) is 12.2 Å². The van der Waals surface area contributed by atoms with E-state index < -0.39 is 0 Å². The molecule has 5 heteroatoms. The van der Waals surface area contributed by atoms with Gasteiger partial charge in [-0.3, -0.25) is 9.78 Å². The molecule has 30 heavy (non-hydrogen) atoms. The summed E-state index contributed by atoms with van der Waals surface area (Å²) in [6.07, 6.45) is 9.04. The summed E-state index contributed by atoms with van der Waals surface area (Å²) in [6.45, 7) is 2.67. The normalized spacial score (nSPS) is 19.6. The van der Waals surface area contributed by atoms with Gasteiger partial charge in [-0.1, -0.05) is 25.8 Å². The molecule has 1 saturated carbocycles. The van der Waals surface area contributed by atoms with E-state index in [1.807, 2.05) is 48.5 Å². The number of aliphatic hydroxyl groups excluding tert-OH is 1. The zero-order valence-electron chi connectivity index (χ0n) is 18.2. The van der Waals surface area contributed by atoms with Crippen molar-refractivity contribution in [1.29, 1.82) is 0 Å². The topological polar surface area (TPSA) is 62.7 Å². The number of carbonyl (C=O) groups excluding carboxylic acids is 1. The third kappa shape index (κ3) is 6.30. The number of amides is 1. The van der Waals surface area contributed by atoms with Crippen molar-refractivity contribution < 1.29 is 14.6 Å². The Morgan fingerprint density at radius 3 is 2.57 bits per heavy atom. The molecule has 0 aliphatic heterocycles. The predicted octanol–water partition coefficient (Wildman–Crippen LogP) is 4.42.